The van der Waals surface area contributed by atoms with E-state index >= 15 is 0 Å². The molecule has 6 heteroatoms. The third kappa shape index (κ3) is 7.90. The molecular formula is C46H39FIrN2OSi-2. The summed E-state index contributed by atoms with van der Waals surface area (Å²) in [4.78, 5) is 9.26. The molecule has 0 N–H and O–H groups in total. The van der Waals surface area contributed by atoms with Gasteiger partial charge in [-0.15, -0.1) is 54.1 Å². The Bertz CT molecular complexity index is 2440. The summed E-state index contributed by atoms with van der Waals surface area (Å²) in [5.41, 5.74) is 10.9. The van der Waals surface area contributed by atoms with Crippen molar-refractivity contribution in [3.05, 3.63) is 163 Å². The average molecular weight is 875 g/mol. The number of pyridine rings is 2. The molecule has 52 heavy (non-hydrogen) atoms. The Morgan fingerprint density at radius 3 is 2.08 bits per heavy atom. The molecule has 0 amide bonds. The van der Waals surface area contributed by atoms with Crippen LogP contribution in [0, 0.1) is 17.9 Å². The van der Waals surface area contributed by atoms with E-state index in [9.17, 15) is 4.39 Å². The van der Waals surface area contributed by atoms with Gasteiger partial charge >= 0.3 is 0 Å². The van der Waals surface area contributed by atoms with Crippen LogP contribution in [-0.4, -0.2) is 18.0 Å². The summed E-state index contributed by atoms with van der Waals surface area (Å²) >= 11 is 0. The SMILES string of the molecule is CC(C)c1cc(-c2[c-]cccc2)ncc1[Si](C)(C)C.Fc1ccc(-c2ccc3c(c2)oc2c(-c4cc(-c5ccccc5)ccn4)[c-]ccc23)cc1.[Ir]. The first-order chi connectivity index (χ1) is 24.7. The molecule has 0 saturated heterocycles. The van der Waals surface area contributed by atoms with Crippen LogP contribution in [0.15, 0.2) is 144 Å². The van der Waals surface area contributed by atoms with E-state index in [0.29, 0.717) is 5.92 Å². The molecule has 0 spiro atoms. The molecule has 0 saturated carbocycles. The molecule has 1 radical (unpaired) electrons. The van der Waals surface area contributed by atoms with Crippen molar-refractivity contribution in [3.8, 4) is 44.8 Å². The van der Waals surface area contributed by atoms with Crippen LogP contribution in [0.25, 0.3) is 66.7 Å². The van der Waals surface area contributed by atoms with Crippen molar-refractivity contribution in [1.29, 1.82) is 0 Å². The van der Waals surface area contributed by atoms with Gasteiger partial charge in [-0.3, -0.25) is 0 Å². The maximum atomic E-state index is 13.3. The minimum Gasteiger partial charge on any atom is -0.501 e. The Labute approximate surface area is 320 Å². The predicted octanol–water partition coefficient (Wildman–Crippen LogP) is 12.1. The molecule has 5 aromatic carbocycles. The van der Waals surface area contributed by atoms with Crippen molar-refractivity contribution in [2.75, 3.05) is 0 Å². The quantitative estimate of drug-likeness (QED) is 0.123. The summed E-state index contributed by atoms with van der Waals surface area (Å²) in [7, 11) is -1.34. The van der Waals surface area contributed by atoms with Gasteiger partial charge in [0.2, 0.25) is 0 Å². The number of hydrogen-bond donors (Lipinski definition) is 0. The van der Waals surface area contributed by atoms with Crippen LogP contribution in [0.3, 0.4) is 0 Å². The number of halogens is 1. The summed E-state index contributed by atoms with van der Waals surface area (Å²) in [5, 5.41) is 3.52. The molecule has 0 unspecified atom stereocenters. The molecule has 3 nitrogen and oxygen atoms in total. The molecule has 3 heterocycles. The van der Waals surface area contributed by atoms with Gasteiger partial charge in [-0.2, -0.15) is 0 Å². The smallest absolute Gasteiger partial charge is 0.123 e. The zero-order valence-electron chi connectivity index (χ0n) is 29.9. The van der Waals surface area contributed by atoms with Crippen LogP contribution < -0.4 is 5.19 Å². The van der Waals surface area contributed by atoms with E-state index in [1.165, 1.54) is 22.9 Å². The third-order valence-electron chi connectivity index (χ3n) is 9.08. The van der Waals surface area contributed by atoms with Gasteiger partial charge in [-0.05, 0) is 69.0 Å². The molecule has 8 rings (SSSR count). The standard InChI is InChI=1S/C29H17FNO.C17H22NSi.Ir/c30-23-12-9-20(10-13-23)21-11-14-24-25-7-4-8-26(29(25)32-28(24)18-21)27-17-22(15-16-31-27)19-5-2-1-3-6-19;1-13(2)15-11-16(14-9-7-6-8-10-14)18-12-17(15)19(3,4)5;/h1-7,9-18H;6-9,11-13H,1-5H3;/q2*-1;. The molecule has 0 bridgehead atoms. The molecular weight excluding hydrogens is 836 g/mol. The molecule has 0 aliphatic carbocycles. The minimum absolute atomic E-state index is 0. The Morgan fingerprint density at radius 2 is 1.37 bits per heavy atom. The van der Waals surface area contributed by atoms with E-state index in [2.05, 4.69) is 98.2 Å². The second-order valence-corrected chi connectivity index (χ2v) is 19.1. The van der Waals surface area contributed by atoms with E-state index in [-0.39, 0.29) is 25.9 Å². The van der Waals surface area contributed by atoms with E-state index in [1.54, 1.807) is 12.1 Å². The maximum Gasteiger partial charge on any atom is 0.123 e. The van der Waals surface area contributed by atoms with E-state index in [0.717, 1.165) is 66.7 Å². The van der Waals surface area contributed by atoms with Gasteiger partial charge in [0.1, 0.15) is 11.4 Å². The largest absolute Gasteiger partial charge is 0.501 e. The number of nitrogens with zero attached hydrogens (tertiary/aromatic N) is 2. The van der Waals surface area contributed by atoms with Crippen molar-refractivity contribution in [1.82, 2.24) is 9.97 Å². The van der Waals surface area contributed by atoms with Crippen LogP contribution in [0.5, 0.6) is 0 Å². The third-order valence-corrected chi connectivity index (χ3v) is 11.1. The van der Waals surface area contributed by atoms with Crippen molar-refractivity contribution < 1.29 is 28.9 Å². The van der Waals surface area contributed by atoms with Gasteiger partial charge in [0, 0.05) is 37.9 Å². The first-order valence-electron chi connectivity index (χ1n) is 17.3. The monoisotopic (exact) mass is 875 g/mol. The molecule has 8 aromatic rings. The summed E-state index contributed by atoms with van der Waals surface area (Å²) in [6, 6.07) is 47.7. The Balaban J connectivity index is 0.000000200. The summed E-state index contributed by atoms with van der Waals surface area (Å²) < 4.78 is 19.6. The number of benzene rings is 5. The Kier molecular flexibility index (Phi) is 11.1. The topological polar surface area (TPSA) is 38.9 Å². The summed E-state index contributed by atoms with van der Waals surface area (Å²) in [5.74, 6) is 0.288. The Morgan fingerprint density at radius 1 is 0.654 bits per heavy atom. The second kappa shape index (κ2) is 15.7. The Hall–Kier alpha value is -5.00. The number of furan rings is 1. The van der Waals surface area contributed by atoms with Crippen LogP contribution >= 0.6 is 0 Å². The van der Waals surface area contributed by atoms with Gasteiger partial charge in [-0.1, -0.05) is 117 Å². The summed E-state index contributed by atoms with van der Waals surface area (Å²) in [6.45, 7) is 11.7. The van der Waals surface area contributed by atoms with Crippen LogP contribution in [-0.2, 0) is 20.1 Å². The molecule has 0 aliphatic heterocycles. The molecule has 0 aliphatic rings. The van der Waals surface area contributed by atoms with E-state index in [1.807, 2.05) is 72.9 Å². The molecule has 3 aromatic heterocycles. The first kappa shape index (κ1) is 36.8. The second-order valence-electron chi connectivity index (χ2n) is 14.0. The van der Waals surface area contributed by atoms with E-state index in [4.69, 9.17) is 4.42 Å². The van der Waals surface area contributed by atoms with Gasteiger partial charge in [-0.25, -0.2) is 4.39 Å². The maximum absolute atomic E-state index is 13.3. The zero-order valence-corrected chi connectivity index (χ0v) is 33.3. The minimum atomic E-state index is -1.34. The molecule has 0 atom stereocenters. The van der Waals surface area contributed by atoms with Crippen molar-refractivity contribution in [3.63, 3.8) is 0 Å². The number of fused-ring (bicyclic) bond motifs is 3. The number of aromatic nitrogens is 2. The molecule has 0 fully saturated rings. The fourth-order valence-corrected chi connectivity index (χ4v) is 8.09. The van der Waals surface area contributed by atoms with Crippen LogP contribution in [0.4, 0.5) is 4.39 Å². The first-order valence-corrected chi connectivity index (χ1v) is 20.8. The van der Waals surface area contributed by atoms with Crippen molar-refractivity contribution in [2.45, 2.75) is 39.4 Å². The fourth-order valence-electron chi connectivity index (χ4n) is 6.41. The number of rotatable bonds is 6. The van der Waals surface area contributed by atoms with Gasteiger partial charge in [0.15, 0.2) is 0 Å². The van der Waals surface area contributed by atoms with Gasteiger partial charge in [0.25, 0.3) is 0 Å². The summed E-state index contributed by atoms with van der Waals surface area (Å²) in [6.07, 6.45) is 3.91. The molecule has 261 valence electrons. The van der Waals surface area contributed by atoms with Crippen LogP contribution in [0.2, 0.25) is 19.6 Å². The van der Waals surface area contributed by atoms with Crippen molar-refractivity contribution >= 4 is 35.2 Å². The normalized spacial score (nSPS) is 11.3. The van der Waals surface area contributed by atoms with Crippen molar-refractivity contribution in [2.24, 2.45) is 0 Å². The predicted molar refractivity (Wildman–Crippen MR) is 212 cm³/mol. The fraction of sp³-hybridized carbons (Fsp3) is 0.130. The van der Waals surface area contributed by atoms with Crippen LogP contribution in [0.1, 0.15) is 25.3 Å². The zero-order chi connectivity index (χ0) is 35.5. The number of hydrogen-bond acceptors (Lipinski definition) is 3. The van der Waals surface area contributed by atoms with Gasteiger partial charge < -0.3 is 14.4 Å². The van der Waals surface area contributed by atoms with E-state index < -0.39 is 8.07 Å². The average Bonchev–Trinajstić information content (AvgIpc) is 3.54. The van der Waals surface area contributed by atoms with Gasteiger partial charge in [0.05, 0.1) is 13.7 Å².